The van der Waals surface area contributed by atoms with Crippen LogP contribution in [-0.4, -0.2) is 23.4 Å². The Hall–Kier alpha value is -1.29. The summed E-state index contributed by atoms with van der Waals surface area (Å²) < 4.78 is 4.92. The molecule has 0 amide bonds. The molecule has 0 heterocycles. The van der Waals surface area contributed by atoms with Gasteiger partial charge < -0.3 is 4.74 Å². The van der Waals surface area contributed by atoms with E-state index < -0.39 is 0 Å². The van der Waals surface area contributed by atoms with Crippen LogP contribution in [0.5, 0.6) is 0 Å². The van der Waals surface area contributed by atoms with Gasteiger partial charge in [-0.25, -0.2) is 0 Å². The predicted octanol–water partition coefficient (Wildman–Crippen LogP) is 3.71. The summed E-state index contributed by atoms with van der Waals surface area (Å²) in [7, 11) is 0. The summed E-state index contributed by atoms with van der Waals surface area (Å²) in [6, 6.07) is 7.70. The molecule has 4 heteroatoms. The molecule has 0 saturated heterocycles. The Bertz CT molecular complexity index is 440. The molecule has 1 atom stereocenters. The molecule has 0 N–H and O–H groups in total. The average molecular weight is 294 g/mol. The van der Waals surface area contributed by atoms with Gasteiger partial charge in [-0.3, -0.25) is 9.59 Å². The molecule has 110 valence electrons. The smallest absolute Gasteiger partial charge is 0.309 e. The molecule has 0 aromatic heterocycles. The Labute approximate surface area is 125 Å². The van der Waals surface area contributed by atoms with Gasteiger partial charge in [0.1, 0.15) is 0 Å². The van der Waals surface area contributed by atoms with Crippen LogP contribution in [0.15, 0.2) is 24.3 Å². The largest absolute Gasteiger partial charge is 0.466 e. The Morgan fingerprint density at radius 1 is 1.20 bits per heavy atom. The minimum absolute atomic E-state index is 0.00389. The first-order chi connectivity index (χ1) is 9.58. The van der Waals surface area contributed by atoms with Crippen molar-refractivity contribution in [3.8, 4) is 0 Å². The lowest BCUT2D eigenvalue weighted by Crippen LogP contribution is -2.17. The topological polar surface area (TPSA) is 43.4 Å². The lowest BCUT2D eigenvalue weighted by Gasteiger charge is -2.09. The summed E-state index contributed by atoms with van der Waals surface area (Å²) in [5, 5.41) is 0.00389. The van der Waals surface area contributed by atoms with Crippen LogP contribution in [0.2, 0.25) is 0 Å². The Balaban J connectivity index is 2.48. The fourth-order valence-electron chi connectivity index (χ4n) is 1.73. The molecule has 0 radical (unpaired) electrons. The highest BCUT2D eigenvalue weighted by molar-refractivity contribution is 8.14. The summed E-state index contributed by atoms with van der Waals surface area (Å²) in [6.45, 7) is 6.07. The third kappa shape index (κ3) is 5.37. The van der Waals surface area contributed by atoms with Crippen molar-refractivity contribution in [1.82, 2.24) is 0 Å². The summed E-state index contributed by atoms with van der Waals surface area (Å²) in [4.78, 5) is 23.5. The Morgan fingerprint density at radius 2 is 1.85 bits per heavy atom. The van der Waals surface area contributed by atoms with E-state index in [-0.39, 0.29) is 17.0 Å². The summed E-state index contributed by atoms with van der Waals surface area (Å²) in [6.07, 6.45) is 2.13. The lowest BCUT2D eigenvalue weighted by molar-refractivity contribution is -0.146. The van der Waals surface area contributed by atoms with Gasteiger partial charge in [0.25, 0.3) is 0 Å². The van der Waals surface area contributed by atoms with Crippen molar-refractivity contribution in [2.45, 2.75) is 33.6 Å². The van der Waals surface area contributed by atoms with E-state index in [1.54, 1.807) is 13.8 Å². The lowest BCUT2D eigenvalue weighted by atomic mass is 10.1. The van der Waals surface area contributed by atoms with Crippen molar-refractivity contribution in [2.24, 2.45) is 5.92 Å². The van der Waals surface area contributed by atoms with E-state index in [9.17, 15) is 9.59 Å². The highest BCUT2D eigenvalue weighted by Gasteiger charge is 2.16. The molecular formula is C16H22O3S. The zero-order valence-electron chi connectivity index (χ0n) is 12.3. The number of benzene rings is 1. The molecule has 0 fully saturated rings. The van der Waals surface area contributed by atoms with Crippen LogP contribution in [0.25, 0.3) is 0 Å². The van der Waals surface area contributed by atoms with Crippen LogP contribution in [0, 0.1) is 5.92 Å². The Kier molecular flexibility index (Phi) is 7.37. The van der Waals surface area contributed by atoms with Crippen molar-refractivity contribution in [1.29, 1.82) is 0 Å². The third-order valence-corrected chi connectivity index (χ3v) is 4.05. The maximum absolute atomic E-state index is 12.0. The van der Waals surface area contributed by atoms with Crippen molar-refractivity contribution < 1.29 is 14.3 Å². The maximum atomic E-state index is 12.0. The quantitative estimate of drug-likeness (QED) is 0.719. The maximum Gasteiger partial charge on any atom is 0.309 e. The molecule has 1 aromatic carbocycles. The minimum atomic E-state index is -0.261. The van der Waals surface area contributed by atoms with E-state index >= 15 is 0 Å². The monoisotopic (exact) mass is 294 g/mol. The first kappa shape index (κ1) is 16.8. The molecule has 0 bridgehead atoms. The van der Waals surface area contributed by atoms with Crippen molar-refractivity contribution in [2.75, 3.05) is 12.4 Å². The number of thioether (sulfide) groups is 1. The molecule has 0 aliphatic heterocycles. The van der Waals surface area contributed by atoms with E-state index in [4.69, 9.17) is 4.74 Å². The predicted molar refractivity (Wildman–Crippen MR) is 83.0 cm³/mol. The first-order valence-corrected chi connectivity index (χ1v) is 7.99. The SMILES string of the molecule is CCCc1ccc(C(=O)SCC(C)C(=O)OCC)cc1. The summed E-state index contributed by atoms with van der Waals surface area (Å²) >= 11 is 1.17. The fourth-order valence-corrected chi connectivity index (χ4v) is 2.57. The summed E-state index contributed by atoms with van der Waals surface area (Å²) in [5.41, 5.74) is 1.93. The van der Waals surface area contributed by atoms with Gasteiger partial charge in [-0.05, 0) is 18.9 Å². The van der Waals surface area contributed by atoms with E-state index in [0.717, 1.165) is 12.8 Å². The fraction of sp³-hybridized carbons (Fsp3) is 0.500. The molecular weight excluding hydrogens is 272 g/mol. The van der Waals surface area contributed by atoms with Gasteiger partial charge in [-0.15, -0.1) is 0 Å². The van der Waals surface area contributed by atoms with Crippen LogP contribution in [0.4, 0.5) is 0 Å². The second-order valence-electron chi connectivity index (χ2n) is 4.70. The van der Waals surface area contributed by atoms with Crippen LogP contribution in [-0.2, 0) is 16.0 Å². The zero-order chi connectivity index (χ0) is 15.0. The normalized spacial score (nSPS) is 11.9. The molecule has 0 saturated carbocycles. The van der Waals surface area contributed by atoms with E-state index in [0.29, 0.717) is 17.9 Å². The number of hydrogen-bond acceptors (Lipinski definition) is 4. The van der Waals surface area contributed by atoms with Gasteiger partial charge >= 0.3 is 5.97 Å². The molecule has 1 unspecified atom stereocenters. The van der Waals surface area contributed by atoms with Crippen LogP contribution >= 0.6 is 11.8 Å². The van der Waals surface area contributed by atoms with Gasteiger partial charge in [0.05, 0.1) is 12.5 Å². The molecule has 3 nitrogen and oxygen atoms in total. The third-order valence-electron chi connectivity index (χ3n) is 2.88. The number of ether oxygens (including phenoxy) is 1. The van der Waals surface area contributed by atoms with Crippen molar-refractivity contribution >= 4 is 22.8 Å². The van der Waals surface area contributed by atoms with Crippen LogP contribution in [0.3, 0.4) is 0 Å². The molecule has 1 rings (SSSR count). The molecule has 0 spiro atoms. The standard InChI is InChI=1S/C16H22O3S/c1-4-6-13-7-9-14(10-8-13)16(18)20-11-12(3)15(17)19-5-2/h7-10,12H,4-6,11H2,1-3H3. The van der Waals surface area contributed by atoms with Crippen molar-refractivity contribution in [3.63, 3.8) is 0 Å². The molecule has 0 aliphatic rings. The molecule has 1 aromatic rings. The highest BCUT2D eigenvalue weighted by atomic mass is 32.2. The number of rotatable bonds is 7. The number of aryl methyl sites for hydroxylation is 1. The molecule has 0 aliphatic carbocycles. The van der Waals surface area contributed by atoms with Gasteiger partial charge in [0.2, 0.25) is 5.12 Å². The van der Waals surface area contributed by atoms with E-state index in [1.807, 2.05) is 24.3 Å². The van der Waals surface area contributed by atoms with Gasteiger partial charge in [-0.1, -0.05) is 56.3 Å². The number of carbonyl (C=O) groups is 2. The summed E-state index contributed by atoms with van der Waals surface area (Å²) in [5.74, 6) is -0.0525. The van der Waals surface area contributed by atoms with Crippen LogP contribution in [0.1, 0.15) is 43.1 Å². The second kappa shape index (κ2) is 8.80. The van der Waals surface area contributed by atoms with Gasteiger partial charge in [-0.2, -0.15) is 0 Å². The van der Waals surface area contributed by atoms with Crippen LogP contribution < -0.4 is 0 Å². The first-order valence-electron chi connectivity index (χ1n) is 7.01. The van der Waals surface area contributed by atoms with E-state index in [2.05, 4.69) is 6.92 Å². The minimum Gasteiger partial charge on any atom is -0.466 e. The highest BCUT2D eigenvalue weighted by Crippen LogP contribution is 2.17. The molecule has 20 heavy (non-hydrogen) atoms. The number of carbonyl (C=O) groups excluding carboxylic acids is 2. The van der Waals surface area contributed by atoms with Gasteiger partial charge in [0, 0.05) is 11.3 Å². The number of esters is 1. The average Bonchev–Trinajstić information content (AvgIpc) is 2.45. The van der Waals surface area contributed by atoms with Gasteiger partial charge in [0.15, 0.2) is 0 Å². The Morgan fingerprint density at radius 3 is 2.40 bits per heavy atom. The zero-order valence-corrected chi connectivity index (χ0v) is 13.2. The second-order valence-corrected chi connectivity index (χ2v) is 5.69. The number of hydrogen-bond donors (Lipinski definition) is 0. The van der Waals surface area contributed by atoms with Crippen molar-refractivity contribution in [3.05, 3.63) is 35.4 Å². The van der Waals surface area contributed by atoms with E-state index in [1.165, 1.54) is 17.3 Å².